The summed E-state index contributed by atoms with van der Waals surface area (Å²) in [7, 11) is 0. The van der Waals surface area contributed by atoms with E-state index in [0.717, 1.165) is 12.5 Å². The average Bonchev–Trinajstić information content (AvgIpc) is 3.15. The fourth-order valence-corrected chi connectivity index (χ4v) is 4.59. The summed E-state index contributed by atoms with van der Waals surface area (Å²) in [5.74, 6) is 2.19. The van der Waals surface area contributed by atoms with Crippen molar-refractivity contribution in [1.82, 2.24) is 4.57 Å². The molecule has 0 unspecified atom stereocenters. The quantitative estimate of drug-likeness (QED) is 0.308. The Morgan fingerprint density at radius 3 is 2.43 bits per heavy atom. The highest BCUT2D eigenvalue weighted by Gasteiger charge is 2.31. The minimum Gasteiger partial charge on any atom is -1.00 e. The number of unbranched alkanes of at least 4 members (excludes halogenated alkanes) is 7. The maximum absolute atomic E-state index is 6.34. The molecule has 2 rings (SSSR count). The van der Waals surface area contributed by atoms with Crippen LogP contribution in [0.25, 0.3) is 0 Å². The molecular formula is C25H47ClN2O2. The van der Waals surface area contributed by atoms with E-state index in [4.69, 9.17) is 9.47 Å². The van der Waals surface area contributed by atoms with E-state index in [-0.39, 0.29) is 12.4 Å². The molecule has 1 fully saturated rings. The van der Waals surface area contributed by atoms with Crippen molar-refractivity contribution in [1.29, 1.82) is 0 Å². The first-order chi connectivity index (χ1) is 14.1. The maximum atomic E-state index is 6.34. The summed E-state index contributed by atoms with van der Waals surface area (Å²) in [4.78, 5) is 0. The van der Waals surface area contributed by atoms with Crippen LogP contribution in [0.3, 0.4) is 0 Å². The Labute approximate surface area is 192 Å². The zero-order chi connectivity index (χ0) is 20.9. The van der Waals surface area contributed by atoms with Crippen LogP contribution in [0.2, 0.25) is 0 Å². The normalized spacial score (nSPS) is 21.7. The summed E-state index contributed by atoms with van der Waals surface area (Å²) >= 11 is 0. The van der Waals surface area contributed by atoms with E-state index < -0.39 is 0 Å². The number of halogens is 1. The molecule has 5 heteroatoms. The van der Waals surface area contributed by atoms with E-state index in [1.54, 1.807) is 0 Å². The molecule has 0 N–H and O–H groups in total. The Morgan fingerprint density at radius 2 is 1.73 bits per heavy atom. The SMILES string of the molecule is CCCCCCCCCCOC[n+]1ccn(CO[C@@H]2C[C@H](C)CC[C@H]2C(C)C)c1.[Cl-]. The van der Waals surface area contributed by atoms with Gasteiger partial charge in [0.05, 0.1) is 12.7 Å². The van der Waals surface area contributed by atoms with Gasteiger partial charge < -0.3 is 21.9 Å². The van der Waals surface area contributed by atoms with Gasteiger partial charge in [0.15, 0.2) is 13.5 Å². The minimum absolute atomic E-state index is 0. The number of nitrogens with zero attached hydrogens (tertiary/aromatic N) is 2. The van der Waals surface area contributed by atoms with Crippen LogP contribution in [0.15, 0.2) is 18.7 Å². The lowest BCUT2D eigenvalue weighted by Crippen LogP contribution is -3.00. The summed E-state index contributed by atoms with van der Waals surface area (Å²) < 4.78 is 16.4. The topological polar surface area (TPSA) is 27.3 Å². The lowest BCUT2D eigenvalue weighted by atomic mass is 9.75. The number of ether oxygens (including phenoxy) is 2. The highest BCUT2D eigenvalue weighted by molar-refractivity contribution is 4.81. The molecule has 0 spiro atoms. The van der Waals surface area contributed by atoms with Crippen molar-refractivity contribution >= 4 is 0 Å². The van der Waals surface area contributed by atoms with E-state index in [9.17, 15) is 0 Å². The van der Waals surface area contributed by atoms with Gasteiger partial charge in [-0.25, -0.2) is 9.13 Å². The van der Waals surface area contributed by atoms with E-state index >= 15 is 0 Å². The van der Waals surface area contributed by atoms with E-state index in [1.807, 2.05) is 0 Å². The Balaban J connectivity index is 0.00000450. The highest BCUT2D eigenvalue weighted by atomic mass is 35.5. The van der Waals surface area contributed by atoms with E-state index in [1.165, 1.54) is 70.6 Å². The first-order valence-corrected chi connectivity index (χ1v) is 12.3. The summed E-state index contributed by atoms with van der Waals surface area (Å²) in [6.07, 6.45) is 21.3. The first kappa shape index (κ1) is 27.5. The summed E-state index contributed by atoms with van der Waals surface area (Å²) in [6.45, 7) is 11.5. The van der Waals surface area contributed by atoms with Gasteiger partial charge in [0.25, 0.3) is 0 Å². The molecule has 0 radical (unpaired) electrons. The standard InChI is InChI=1S/C25H47N2O2.ClH/c1-5-6-7-8-9-10-11-12-17-28-20-26-15-16-27(19-26)21-29-25-18-23(4)13-14-24(25)22(2)3;/h15-16,19,22-25H,5-14,17-18,20-21H2,1-4H3;1H/q+1;/p-1/t23-,24+,25-;/m1./s1. The Bertz CT molecular complexity index is 535. The van der Waals surface area contributed by atoms with Crippen LogP contribution in [-0.4, -0.2) is 17.3 Å². The van der Waals surface area contributed by atoms with Gasteiger partial charge in [0, 0.05) is 0 Å². The van der Waals surface area contributed by atoms with Crippen molar-refractivity contribution in [3.63, 3.8) is 0 Å². The van der Waals surface area contributed by atoms with Crippen molar-refractivity contribution in [2.24, 2.45) is 17.8 Å². The molecule has 1 saturated carbocycles. The van der Waals surface area contributed by atoms with Crippen molar-refractivity contribution in [3.8, 4) is 0 Å². The second-order valence-corrected chi connectivity index (χ2v) is 9.61. The molecule has 3 atom stereocenters. The van der Waals surface area contributed by atoms with Crippen molar-refractivity contribution in [2.75, 3.05) is 6.61 Å². The number of imidazole rings is 1. The summed E-state index contributed by atoms with van der Waals surface area (Å²) in [6, 6.07) is 0. The Morgan fingerprint density at radius 1 is 1.03 bits per heavy atom. The van der Waals surface area contributed by atoms with Gasteiger partial charge in [-0.05, 0) is 37.0 Å². The van der Waals surface area contributed by atoms with Gasteiger partial charge in [-0.2, -0.15) is 0 Å². The van der Waals surface area contributed by atoms with Crippen LogP contribution in [0.1, 0.15) is 98.3 Å². The Kier molecular flexibility index (Phi) is 14.7. The molecule has 1 aliphatic rings. The van der Waals surface area contributed by atoms with Crippen molar-refractivity contribution in [2.45, 2.75) is 118 Å². The fourth-order valence-electron chi connectivity index (χ4n) is 4.59. The first-order valence-electron chi connectivity index (χ1n) is 12.3. The predicted molar refractivity (Wildman–Crippen MR) is 119 cm³/mol. The molecule has 0 amide bonds. The molecule has 0 bridgehead atoms. The number of hydrogen-bond acceptors (Lipinski definition) is 2. The largest absolute Gasteiger partial charge is 1.00 e. The molecule has 1 aromatic heterocycles. The van der Waals surface area contributed by atoms with Gasteiger partial charge in [-0.15, -0.1) is 0 Å². The summed E-state index contributed by atoms with van der Waals surface area (Å²) in [5.41, 5.74) is 0. The molecule has 0 aliphatic heterocycles. The van der Waals surface area contributed by atoms with Crippen LogP contribution >= 0.6 is 0 Å². The van der Waals surface area contributed by atoms with Gasteiger partial charge in [-0.1, -0.05) is 79.1 Å². The third-order valence-electron chi connectivity index (χ3n) is 6.53. The summed E-state index contributed by atoms with van der Waals surface area (Å²) in [5, 5.41) is 0. The van der Waals surface area contributed by atoms with Crippen LogP contribution in [0.4, 0.5) is 0 Å². The van der Waals surface area contributed by atoms with Crippen LogP contribution in [-0.2, 0) is 22.9 Å². The van der Waals surface area contributed by atoms with E-state index in [0.29, 0.717) is 31.4 Å². The number of aromatic nitrogens is 2. The molecule has 1 aromatic rings. The molecule has 1 aliphatic carbocycles. The predicted octanol–water partition coefficient (Wildman–Crippen LogP) is 3.33. The van der Waals surface area contributed by atoms with Crippen molar-refractivity contribution in [3.05, 3.63) is 18.7 Å². The molecule has 4 nitrogen and oxygen atoms in total. The lowest BCUT2D eigenvalue weighted by molar-refractivity contribution is -0.732. The van der Waals surface area contributed by atoms with Crippen LogP contribution in [0, 0.1) is 17.8 Å². The van der Waals surface area contributed by atoms with Gasteiger partial charge in [-0.3, -0.25) is 0 Å². The number of rotatable bonds is 15. The van der Waals surface area contributed by atoms with Gasteiger partial charge in [0.1, 0.15) is 12.4 Å². The second-order valence-electron chi connectivity index (χ2n) is 9.61. The molecule has 30 heavy (non-hydrogen) atoms. The monoisotopic (exact) mass is 442 g/mol. The van der Waals surface area contributed by atoms with Crippen LogP contribution in [0.5, 0.6) is 0 Å². The Hall–Kier alpha value is -0.580. The number of hydrogen-bond donors (Lipinski definition) is 0. The smallest absolute Gasteiger partial charge is 0.247 e. The molecule has 1 heterocycles. The fraction of sp³-hybridized carbons (Fsp3) is 0.880. The second kappa shape index (κ2) is 16.1. The maximum Gasteiger partial charge on any atom is 0.247 e. The van der Waals surface area contributed by atoms with Gasteiger partial charge in [0.2, 0.25) is 6.33 Å². The van der Waals surface area contributed by atoms with Crippen molar-refractivity contribution < 1.29 is 26.4 Å². The van der Waals surface area contributed by atoms with Gasteiger partial charge >= 0.3 is 0 Å². The lowest BCUT2D eigenvalue weighted by Gasteiger charge is -2.36. The average molecular weight is 443 g/mol. The molecule has 0 saturated heterocycles. The molecule has 176 valence electrons. The minimum atomic E-state index is 0. The zero-order valence-corrected chi connectivity index (χ0v) is 20.8. The zero-order valence-electron chi connectivity index (χ0n) is 20.0. The van der Waals surface area contributed by atoms with Crippen LogP contribution < -0.4 is 17.0 Å². The van der Waals surface area contributed by atoms with E-state index in [2.05, 4.69) is 55.6 Å². The third-order valence-corrected chi connectivity index (χ3v) is 6.53. The highest BCUT2D eigenvalue weighted by Crippen LogP contribution is 2.35. The third kappa shape index (κ3) is 10.6. The molecular weight excluding hydrogens is 396 g/mol. The molecule has 0 aromatic carbocycles.